The minimum atomic E-state index is -3.63. The molecule has 1 aliphatic heterocycles. The van der Waals surface area contributed by atoms with Gasteiger partial charge in [-0.15, -0.1) is 0 Å². The molecule has 1 N–H and O–H groups in total. The molecule has 0 amide bonds. The van der Waals surface area contributed by atoms with Crippen LogP contribution >= 0.6 is 0 Å². The molecule has 7 nitrogen and oxygen atoms in total. The number of nitrogens with zero attached hydrogens (tertiary/aromatic N) is 1. The van der Waals surface area contributed by atoms with Crippen molar-refractivity contribution in [1.82, 2.24) is 9.62 Å². The van der Waals surface area contributed by atoms with Crippen LogP contribution < -0.4 is 9.46 Å². The van der Waals surface area contributed by atoms with E-state index in [1.807, 2.05) is 25.1 Å². The molecule has 0 unspecified atom stereocenters. The van der Waals surface area contributed by atoms with E-state index in [0.717, 1.165) is 37.9 Å². The Morgan fingerprint density at radius 3 is 2.50 bits per heavy atom. The van der Waals surface area contributed by atoms with Crippen molar-refractivity contribution in [2.45, 2.75) is 31.1 Å². The third kappa shape index (κ3) is 5.30. The van der Waals surface area contributed by atoms with Crippen LogP contribution in [0.25, 0.3) is 10.8 Å². The molecule has 0 aliphatic carbocycles. The number of benzene rings is 2. The molecule has 8 heteroatoms. The molecule has 0 saturated carbocycles. The average molecular weight is 435 g/mol. The highest BCUT2D eigenvalue weighted by molar-refractivity contribution is 7.89. The highest BCUT2D eigenvalue weighted by Crippen LogP contribution is 2.31. The van der Waals surface area contributed by atoms with Gasteiger partial charge in [-0.05, 0) is 58.0 Å². The van der Waals surface area contributed by atoms with E-state index in [2.05, 4.69) is 9.62 Å². The molecule has 3 rings (SSSR count). The van der Waals surface area contributed by atoms with Gasteiger partial charge in [-0.25, -0.2) is 13.1 Å². The first-order valence-corrected chi connectivity index (χ1v) is 11.9. The van der Waals surface area contributed by atoms with Gasteiger partial charge in [0.25, 0.3) is 0 Å². The lowest BCUT2D eigenvalue weighted by molar-refractivity contribution is -0.147. The van der Waals surface area contributed by atoms with E-state index in [1.54, 1.807) is 18.2 Å². The third-order valence-corrected chi connectivity index (χ3v) is 7.02. The highest BCUT2D eigenvalue weighted by atomic mass is 32.2. The Bertz CT molecular complexity index is 969. The van der Waals surface area contributed by atoms with Gasteiger partial charge in [-0.3, -0.25) is 4.79 Å². The number of esters is 1. The molecule has 30 heavy (non-hydrogen) atoms. The highest BCUT2D eigenvalue weighted by Gasteiger charge is 2.25. The van der Waals surface area contributed by atoms with Gasteiger partial charge in [0, 0.05) is 17.3 Å². The van der Waals surface area contributed by atoms with Crippen molar-refractivity contribution in [3.63, 3.8) is 0 Å². The van der Waals surface area contributed by atoms with E-state index in [0.29, 0.717) is 30.7 Å². The van der Waals surface area contributed by atoms with E-state index in [-0.39, 0.29) is 16.8 Å². The minimum Gasteiger partial charge on any atom is -0.493 e. The standard InChI is InChI=1S/C22H30N2O5S/c1-3-29-20-9-10-21(19-8-5-4-7-18(19)20)30(26,27)23-13-6-14-24-15-11-17(12-16-24)22(25)28-2/h4-5,7-10,17,23H,3,6,11-16H2,1-2H3. The predicted octanol–water partition coefficient (Wildman–Crippen LogP) is 2.79. The molecular formula is C22H30N2O5S. The van der Waals surface area contributed by atoms with Gasteiger partial charge in [0.15, 0.2) is 0 Å². The summed E-state index contributed by atoms with van der Waals surface area (Å²) in [5.41, 5.74) is 0. The second kappa shape index (κ2) is 10.2. The smallest absolute Gasteiger partial charge is 0.308 e. The lowest BCUT2D eigenvalue weighted by Gasteiger charge is -2.30. The van der Waals surface area contributed by atoms with Crippen molar-refractivity contribution in [3.05, 3.63) is 36.4 Å². The maximum Gasteiger partial charge on any atom is 0.308 e. The summed E-state index contributed by atoms with van der Waals surface area (Å²) in [6.07, 6.45) is 2.28. The Morgan fingerprint density at radius 2 is 1.83 bits per heavy atom. The van der Waals surface area contributed by atoms with Gasteiger partial charge in [-0.1, -0.05) is 24.3 Å². The Kier molecular flexibility index (Phi) is 7.69. The molecule has 1 fully saturated rings. The summed E-state index contributed by atoms with van der Waals surface area (Å²) in [4.78, 5) is 14.1. The van der Waals surface area contributed by atoms with Gasteiger partial charge in [-0.2, -0.15) is 0 Å². The SMILES string of the molecule is CCOc1ccc(S(=O)(=O)NCCCN2CCC(C(=O)OC)CC2)c2ccccc12. The first kappa shape index (κ1) is 22.5. The van der Waals surface area contributed by atoms with Crippen molar-refractivity contribution in [1.29, 1.82) is 0 Å². The van der Waals surface area contributed by atoms with Crippen molar-refractivity contribution in [2.24, 2.45) is 5.92 Å². The second-order valence-electron chi connectivity index (χ2n) is 7.43. The number of carbonyl (C=O) groups is 1. The fraction of sp³-hybridized carbons (Fsp3) is 0.500. The number of likely N-dealkylation sites (tertiary alicyclic amines) is 1. The summed E-state index contributed by atoms with van der Waals surface area (Å²) in [5, 5.41) is 1.44. The summed E-state index contributed by atoms with van der Waals surface area (Å²) >= 11 is 0. The van der Waals surface area contributed by atoms with E-state index in [4.69, 9.17) is 9.47 Å². The lowest BCUT2D eigenvalue weighted by atomic mass is 9.97. The Morgan fingerprint density at radius 1 is 1.13 bits per heavy atom. The molecule has 2 aromatic rings. The minimum absolute atomic E-state index is 0.0160. The number of nitrogens with one attached hydrogen (secondary N) is 1. The van der Waals surface area contributed by atoms with Crippen molar-refractivity contribution in [3.8, 4) is 5.75 Å². The number of hydrogen-bond acceptors (Lipinski definition) is 6. The Hall–Kier alpha value is -2.16. The van der Waals surface area contributed by atoms with Crippen LogP contribution in [0.1, 0.15) is 26.2 Å². The average Bonchev–Trinajstić information content (AvgIpc) is 2.77. The number of fused-ring (bicyclic) bond motifs is 1. The van der Waals surface area contributed by atoms with Crippen molar-refractivity contribution < 1.29 is 22.7 Å². The monoisotopic (exact) mass is 434 g/mol. The number of carbonyl (C=O) groups excluding carboxylic acids is 1. The van der Waals surface area contributed by atoms with Crippen LogP contribution in [0.2, 0.25) is 0 Å². The van der Waals surface area contributed by atoms with Crippen LogP contribution in [-0.4, -0.2) is 59.2 Å². The van der Waals surface area contributed by atoms with Gasteiger partial charge in [0.2, 0.25) is 10.0 Å². The molecule has 1 saturated heterocycles. The quantitative estimate of drug-likeness (QED) is 0.483. The van der Waals surface area contributed by atoms with Crippen LogP contribution in [0.15, 0.2) is 41.3 Å². The molecule has 2 aromatic carbocycles. The first-order chi connectivity index (χ1) is 14.5. The molecule has 0 spiro atoms. The zero-order valence-electron chi connectivity index (χ0n) is 17.6. The van der Waals surface area contributed by atoms with Crippen LogP contribution in [-0.2, 0) is 19.6 Å². The molecule has 1 heterocycles. The van der Waals surface area contributed by atoms with E-state index < -0.39 is 10.0 Å². The maximum atomic E-state index is 12.9. The molecule has 0 aromatic heterocycles. The molecule has 0 atom stereocenters. The topological polar surface area (TPSA) is 84.9 Å². The summed E-state index contributed by atoms with van der Waals surface area (Å²) < 4.78 is 39.0. The van der Waals surface area contributed by atoms with Gasteiger partial charge < -0.3 is 14.4 Å². The maximum absolute atomic E-state index is 12.9. The largest absolute Gasteiger partial charge is 0.493 e. The fourth-order valence-electron chi connectivity index (χ4n) is 3.91. The molecule has 164 valence electrons. The fourth-order valence-corrected chi connectivity index (χ4v) is 5.19. The Labute approximate surface area is 178 Å². The van der Waals surface area contributed by atoms with E-state index in [9.17, 15) is 13.2 Å². The first-order valence-electron chi connectivity index (χ1n) is 10.4. The summed E-state index contributed by atoms with van der Waals surface area (Å²) in [7, 11) is -2.21. The van der Waals surface area contributed by atoms with Gasteiger partial charge in [0.1, 0.15) is 5.75 Å². The number of piperidine rings is 1. The summed E-state index contributed by atoms with van der Waals surface area (Å²) in [6, 6.07) is 10.7. The number of ether oxygens (including phenoxy) is 2. The Balaban J connectivity index is 1.56. The summed E-state index contributed by atoms with van der Waals surface area (Å²) in [5.74, 6) is 0.532. The number of methoxy groups -OCH3 is 1. The number of sulfonamides is 1. The summed E-state index contributed by atoms with van der Waals surface area (Å²) in [6.45, 7) is 5.23. The zero-order chi connectivity index (χ0) is 21.6. The van der Waals surface area contributed by atoms with Crippen LogP contribution in [0, 0.1) is 5.92 Å². The van der Waals surface area contributed by atoms with Gasteiger partial charge in [0.05, 0.1) is 24.5 Å². The van der Waals surface area contributed by atoms with Crippen LogP contribution in [0.4, 0.5) is 0 Å². The molecule has 0 bridgehead atoms. The molecular weight excluding hydrogens is 404 g/mol. The predicted molar refractivity (Wildman–Crippen MR) is 116 cm³/mol. The molecule has 1 aliphatic rings. The van der Waals surface area contributed by atoms with Crippen molar-refractivity contribution in [2.75, 3.05) is 39.9 Å². The zero-order valence-corrected chi connectivity index (χ0v) is 18.4. The van der Waals surface area contributed by atoms with Crippen molar-refractivity contribution >= 4 is 26.8 Å². The number of hydrogen-bond donors (Lipinski definition) is 1. The van der Waals surface area contributed by atoms with Gasteiger partial charge >= 0.3 is 5.97 Å². The normalized spacial score (nSPS) is 15.9. The van der Waals surface area contributed by atoms with E-state index in [1.165, 1.54) is 7.11 Å². The lowest BCUT2D eigenvalue weighted by Crippen LogP contribution is -2.38. The second-order valence-corrected chi connectivity index (χ2v) is 9.17. The number of rotatable bonds is 9. The molecule has 0 radical (unpaired) electrons. The van der Waals surface area contributed by atoms with E-state index >= 15 is 0 Å². The van der Waals surface area contributed by atoms with Crippen LogP contribution in [0.3, 0.4) is 0 Å². The third-order valence-electron chi connectivity index (χ3n) is 5.50. The van der Waals surface area contributed by atoms with Crippen LogP contribution in [0.5, 0.6) is 5.75 Å².